The minimum absolute atomic E-state index is 0.0210. The van der Waals surface area contributed by atoms with Crippen LogP contribution in [0.25, 0.3) is 20.8 Å². The second-order valence-corrected chi connectivity index (χ2v) is 9.28. The number of thiazole rings is 1. The highest BCUT2D eigenvalue weighted by molar-refractivity contribution is 7.21. The van der Waals surface area contributed by atoms with Gasteiger partial charge in [-0.25, -0.2) is 4.98 Å². The number of aromatic nitrogens is 1. The van der Waals surface area contributed by atoms with Crippen LogP contribution in [0.3, 0.4) is 0 Å². The molecule has 1 aliphatic rings. The summed E-state index contributed by atoms with van der Waals surface area (Å²) in [7, 11) is 0. The molecule has 5 rings (SSSR count). The maximum atomic E-state index is 12.5. The zero-order valence-electron chi connectivity index (χ0n) is 18.1. The minimum atomic E-state index is 0.0210. The Labute approximate surface area is 191 Å². The molecule has 0 spiro atoms. The van der Waals surface area contributed by atoms with Crippen molar-refractivity contribution in [3.63, 3.8) is 0 Å². The third kappa shape index (κ3) is 4.91. The van der Waals surface area contributed by atoms with Crippen LogP contribution < -0.4 is 5.32 Å². The zero-order valence-corrected chi connectivity index (χ0v) is 18.9. The predicted octanol–water partition coefficient (Wildman–Crippen LogP) is 4.62. The number of furan rings is 1. The number of piperazine rings is 1. The van der Waals surface area contributed by atoms with E-state index in [0.29, 0.717) is 6.54 Å². The topological polar surface area (TPSA) is 61.6 Å². The van der Waals surface area contributed by atoms with Gasteiger partial charge in [0, 0.05) is 37.4 Å². The zero-order chi connectivity index (χ0) is 21.9. The van der Waals surface area contributed by atoms with Gasteiger partial charge in [0.1, 0.15) is 10.8 Å². The lowest BCUT2D eigenvalue weighted by Crippen LogP contribution is -2.48. The lowest BCUT2D eigenvalue weighted by atomic mass is 10.2. The first kappa shape index (κ1) is 20.9. The molecule has 3 heterocycles. The number of fused-ring (bicyclic) bond motifs is 1. The van der Waals surface area contributed by atoms with Crippen LogP contribution >= 0.6 is 11.3 Å². The average molecular weight is 447 g/mol. The van der Waals surface area contributed by atoms with Gasteiger partial charge < -0.3 is 9.73 Å². The Morgan fingerprint density at radius 2 is 1.84 bits per heavy atom. The molecular weight excluding hydrogens is 420 g/mol. The smallest absolute Gasteiger partial charge is 0.238 e. The van der Waals surface area contributed by atoms with Gasteiger partial charge in [0.2, 0.25) is 5.91 Å². The van der Waals surface area contributed by atoms with Gasteiger partial charge in [-0.3, -0.25) is 14.6 Å². The van der Waals surface area contributed by atoms with Gasteiger partial charge in [0.15, 0.2) is 0 Å². The molecule has 32 heavy (non-hydrogen) atoms. The van der Waals surface area contributed by atoms with Crippen molar-refractivity contribution in [2.45, 2.75) is 13.5 Å². The average Bonchev–Trinajstić information content (AvgIpc) is 3.45. The van der Waals surface area contributed by atoms with E-state index in [9.17, 15) is 4.79 Å². The summed E-state index contributed by atoms with van der Waals surface area (Å²) in [6, 6.07) is 18.2. The number of hydrogen-bond acceptors (Lipinski definition) is 6. The van der Waals surface area contributed by atoms with Crippen molar-refractivity contribution < 1.29 is 9.21 Å². The first-order valence-corrected chi connectivity index (χ1v) is 11.7. The summed E-state index contributed by atoms with van der Waals surface area (Å²) >= 11 is 1.69. The van der Waals surface area contributed by atoms with E-state index < -0.39 is 0 Å². The largest absolute Gasteiger partial charge is 0.468 e. The minimum Gasteiger partial charge on any atom is -0.468 e. The quantitative estimate of drug-likeness (QED) is 0.468. The maximum absolute atomic E-state index is 12.5. The maximum Gasteiger partial charge on any atom is 0.238 e. The number of benzene rings is 2. The molecule has 4 aromatic rings. The van der Waals surface area contributed by atoms with Crippen LogP contribution in [0, 0.1) is 6.92 Å². The number of amides is 1. The van der Waals surface area contributed by atoms with Crippen molar-refractivity contribution in [3.05, 3.63) is 72.2 Å². The fourth-order valence-corrected chi connectivity index (χ4v) is 5.05. The van der Waals surface area contributed by atoms with Crippen molar-refractivity contribution in [2.75, 3.05) is 38.0 Å². The summed E-state index contributed by atoms with van der Waals surface area (Å²) in [5.74, 6) is 1.01. The molecule has 1 aliphatic heterocycles. The summed E-state index contributed by atoms with van der Waals surface area (Å²) in [5, 5.41) is 4.02. The molecule has 0 atom stereocenters. The van der Waals surface area contributed by atoms with Gasteiger partial charge in [-0.15, -0.1) is 11.3 Å². The summed E-state index contributed by atoms with van der Waals surface area (Å²) in [5.41, 5.74) is 4.14. The Hall–Kier alpha value is -3.00. The Kier molecular flexibility index (Phi) is 6.03. The van der Waals surface area contributed by atoms with Gasteiger partial charge in [0.25, 0.3) is 0 Å². The standard InChI is InChI=1S/C25H26N4O2S/c1-18-4-9-22-23(15-18)32-25(27-22)19-5-7-20(8-6-19)26-24(30)17-29-12-10-28(11-13-29)16-21-3-2-14-31-21/h2-9,14-15H,10-13,16-17H2,1H3,(H,26,30). The summed E-state index contributed by atoms with van der Waals surface area (Å²) in [6.45, 7) is 6.96. The first-order valence-electron chi connectivity index (χ1n) is 10.9. The first-order chi connectivity index (χ1) is 15.6. The van der Waals surface area contributed by atoms with E-state index in [2.05, 4.69) is 40.2 Å². The van der Waals surface area contributed by atoms with Gasteiger partial charge >= 0.3 is 0 Å². The lowest BCUT2D eigenvalue weighted by molar-refractivity contribution is -0.117. The van der Waals surface area contributed by atoms with Gasteiger partial charge in [0.05, 0.1) is 29.6 Å². The normalized spacial score (nSPS) is 15.3. The van der Waals surface area contributed by atoms with E-state index in [1.54, 1.807) is 17.6 Å². The number of nitrogens with zero attached hydrogens (tertiary/aromatic N) is 3. The third-order valence-electron chi connectivity index (χ3n) is 5.75. The number of hydrogen-bond donors (Lipinski definition) is 1. The highest BCUT2D eigenvalue weighted by Gasteiger charge is 2.19. The molecule has 1 N–H and O–H groups in total. The number of anilines is 1. The molecule has 0 unspecified atom stereocenters. The molecule has 0 bridgehead atoms. The molecule has 164 valence electrons. The SMILES string of the molecule is Cc1ccc2nc(-c3ccc(NC(=O)CN4CCN(Cc5ccco5)CC4)cc3)sc2c1. The van der Waals surface area contributed by atoms with Crippen LogP contribution in [-0.2, 0) is 11.3 Å². The molecule has 1 fully saturated rings. The molecule has 1 amide bonds. The predicted molar refractivity (Wildman–Crippen MR) is 129 cm³/mol. The Morgan fingerprint density at radius 3 is 2.59 bits per heavy atom. The molecule has 0 radical (unpaired) electrons. The molecule has 0 saturated carbocycles. The van der Waals surface area contributed by atoms with Crippen LogP contribution in [0.15, 0.2) is 65.3 Å². The molecule has 7 heteroatoms. The van der Waals surface area contributed by atoms with Crippen LogP contribution in [0.2, 0.25) is 0 Å². The Bertz CT molecular complexity index is 1190. The Morgan fingerprint density at radius 1 is 1.06 bits per heavy atom. The fourth-order valence-electron chi connectivity index (χ4n) is 3.98. The van der Waals surface area contributed by atoms with Crippen molar-refractivity contribution in [1.82, 2.24) is 14.8 Å². The van der Waals surface area contributed by atoms with Gasteiger partial charge in [-0.05, 0) is 61.0 Å². The molecular formula is C25H26N4O2S. The summed E-state index contributed by atoms with van der Waals surface area (Å²) in [6.07, 6.45) is 1.71. The van der Waals surface area contributed by atoms with Crippen molar-refractivity contribution in [2.24, 2.45) is 0 Å². The number of carbonyl (C=O) groups excluding carboxylic acids is 1. The van der Waals surface area contributed by atoms with Crippen LogP contribution in [0.5, 0.6) is 0 Å². The van der Waals surface area contributed by atoms with Crippen LogP contribution in [-0.4, -0.2) is 53.4 Å². The highest BCUT2D eigenvalue weighted by Crippen LogP contribution is 2.31. The van der Waals surface area contributed by atoms with E-state index in [-0.39, 0.29) is 5.91 Å². The number of carbonyl (C=O) groups is 1. The van der Waals surface area contributed by atoms with E-state index in [1.807, 2.05) is 36.4 Å². The van der Waals surface area contributed by atoms with Crippen LogP contribution in [0.4, 0.5) is 5.69 Å². The molecule has 0 aliphatic carbocycles. The van der Waals surface area contributed by atoms with E-state index in [1.165, 1.54) is 10.3 Å². The highest BCUT2D eigenvalue weighted by atomic mass is 32.1. The molecule has 2 aromatic carbocycles. The van der Waals surface area contributed by atoms with Gasteiger partial charge in [-0.2, -0.15) is 0 Å². The lowest BCUT2D eigenvalue weighted by Gasteiger charge is -2.33. The summed E-state index contributed by atoms with van der Waals surface area (Å²) < 4.78 is 6.62. The second-order valence-electron chi connectivity index (χ2n) is 8.25. The van der Waals surface area contributed by atoms with E-state index >= 15 is 0 Å². The fraction of sp³-hybridized carbons (Fsp3) is 0.280. The molecule has 6 nitrogen and oxygen atoms in total. The summed E-state index contributed by atoms with van der Waals surface area (Å²) in [4.78, 5) is 21.8. The monoisotopic (exact) mass is 446 g/mol. The van der Waals surface area contributed by atoms with Crippen molar-refractivity contribution in [1.29, 1.82) is 0 Å². The van der Waals surface area contributed by atoms with Gasteiger partial charge in [-0.1, -0.05) is 6.07 Å². The number of nitrogens with one attached hydrogen (secondary N) is 1. The Balaban J connectivity index is 1.13. The third-order valence-corrected chi connectivity index (χ3v) is 6.82. The van der Waals surface area contributed by atoms with E-state index in [4.69, 9.17) is 9.40 Å². The molecule has 2 aromatic heterocycles. The van der Waals surface area contributed by atoms with E-state index in [0.717, 1.165) is 60.3 Å². The number of rotatable bonds is 6. The number of aryl methyl sites for hydroxylation is 1. The van der Waals surface area contributed by atoms with Crippen LogP contribution in [0.1, 0.15) is 11.3 Å². The van der Waals surface area contributed by atoms with Crippen molar-refractivity contribution in [3.8, 4) is 10.6 Å². The van der Waals surface area contributed by atoms with Crippen molar-refractivity contribution >= 4 is 33.1 Å². The molecule has 1 saturated heterocycles. The second kappa shape index (κ2) is 9.24.